The lowest BCUT2D eigenvalue weighted by Gasteiger charge is -2.12. The number of hydrogen-bond acceptors (Lipinski definition) is 8. The van der Waals surface area contributed by atoms with E-state index in [0.717, 1.165) is 10.7 Å². The second-order valence-corrected chi connectivity index (χ2v) is 7.09. The van der Waals surface area contributed by atoms with E-state index in [1.165, 1.54) is 6.92 Å². The summed E-state index contributed by atoms with van der Waals surface area (Å²) < 4.78 is 15.7. The molecule has 0 bridgehead atoms. The number of carbonyl (C=O) groups is 2. The number of rotatable bonds is 7. The Hall–Kier alpha value is -3.20. The van der Waals surface area contributed by atoms with E-state index in [9.17, 15) is 9.59 Å². The number of benzene rings is 1. The molecule has 0 spiro atoms. The number of aromatic nitrogens is 2. The van der Waals surface area contributed by atoms with Gasteiger partial charge in [0.2, 0.25) is 0 Å². The van der Waals surface area contributed by atoms with Crippen molar-refractivity contribution < 1.29 is 23.6 Å². The highest BCUT2D eigenvalue weighted by molar-refractivity contribution is 7.09. The third-order valence-corrected chi connectivity index (χ3v) is 4.50. The number of nitrogens with one attached hydrogen (secondary N) is 1. The zero-order valence-electron chi connectivity index (χ0n) is 15.6. The number of aryl methyl sites for hydroxylation is 2. The zero-order valence-corrected chi connectivity index (χ0v) is 16.4. The molecule has 1 amide bonds. The molecule has 0 aliphatic rings. The Labute approximate surface area is 165 Å². The van der Waals surface area contributed by atoms with Gasteiger partial charge in [-0.2, -0.15) is 0 Å². The minimum absolute atomic E-state index is 0.266. The molecule has 0 unspecified atom stereocenters. The van der Waals surface area contributed by atoms with Gasteiger partial charge in [-0.1, -0.05) is 5.16 Å². The van der Waals surface area contributed by atoms with Gasteiger partial charge in [0.1, 0.15) is 18.1 Å². The van der Waals surface area contributed by atoms with Crippen molar-refractivity contribution in [3.8, 4) is 5.75 Å². The van der Waals surface area contributed by atoms with Gasteiger partial charge in [0.25, 0.3) is 5.91 Å². The maximum atomic E-state index is 12.2. The van der Waals surface area contributed by atoms with Crippen LogP contribution in [0.1, 0.15) is 33.7 Å². The van der Waals surface area contributed by atoms with Crippen molar-refractivity contribution in [3.63, 3.8) is 0 Å². The number of hydrogen-bond donors (Lipinski definition) is 1. The van der Waals surface area contributed by atoms with E-state index in [1.54, 1.807) is 48.6 Å². The molecule has 0 saturated heterocycles. The van der Waals surface area contributed by atoms with Crippen molar-refractivity contribution in [3.05, 3.63) is 57.7 Å². The van der Waals surface area contributed by atoms with Gasteiger partial charge in [0, 0.05) is 11.4 Å². The van der Waals surface area contributed by atoms with Crippen molar-refractivity contribution in [1.82, 2.24) is 10.1 Å². The molecule has 2 aromatic heterocycles. The van der Waals surface area contributed by atoms with E-state index in [0.29, 0.717) is 23.7 Å². The molecule has 28 heavy (non-hydrogen) atoms. The van der Waals surface area contributed by atoms with Crippen LogP contribution in [-0.4, -0.2) is 28.1 Å². The summed E-state index contributed by atoms with van der Waals surface area (Å²) in [5.74, 6) is 0.324. The Morgan fingerprint density at radius 3 is 2.61 bits per heavy atom. The van der Waals surface area contributed by atoms with Crippen LogP contribution in [-0.2, 0) is 16.1 Å². The van der Waals surface area contributed by atoms with Crippen molar-refractivity contribution >= 4 is 29.0 Å². The molecule has 1 N–H and O–H groups in total. The highest BCUT2D eigenvalue weighted by Gasteiger charge is 2.20. The first-order valence-electron chi connectivity index (χ1n) is 8.50. The van der Waals surface area contributed by atoms with Crippen LogP contribution in [0.3, 0.4) is 0 Å². The first kappa shape index (κ1) is 19.6. The third-order valence-electron chi connectivity index (χ3n) is 3.68. The van der Waals surface area contributed by atoms with E-state index in [-0.39, 0.29) is 5.82 Å². The van der Waals surface area contributed by atoms with Gasteiger partial charge in [-0.3, -0.25) is 4.79 Å². The van der Waals surface area contributed by atoms with Crippen molar-refractivity contribution in [2.45, 2.75) is 33.5 Å². The highest BCUT2D eigenvalue weighted by Crippen LogP contribution is 2.17. The molecule has 0 saturated carbocycles. The van der Waals surface area contributed by atoms with Gasteiger partial charge in [-0.25, -0.2) is 9.78 Å². The van der Waals surface area contributed by atoms with Crippen molar-refractivity contribution in [1.29, 1.82) is 0 Å². The molecule has 2 heterocycles. The summed E-state index contributed by atoms with van der Waals surface area (Å²) >= 11 is 1.56. The maximum absolute atomic E-state index is 12.2. The lowest BCUT2D eigenvalue weighted by molar-refractivity contribution is -0.123. The fourth-order valence-corrected chi connectivity index (χ4v) is 2.85. The first-order valence-corrected chi connectivity index (χ1v) is 9.37. The topological polar surface area (TPSA) is 104 Å². The average molecular weight is 401 g/mol. The third kappa shape index (κ3) is 5.17. The van der Waals surface area contributed by atoms with E-state index < -0.39 is 18.0 Å². The Morgan fingerprint density at radius 2 is 2.00 bits per heavy atom. The van der Waals surface area contributed by atoms with Crippen LogP contribution in [0.15, 0.2) is 40.2 Å². The molecule has 3 aromatic rings. The summed E-state index contributed by atoms with van der Waals surface area (Å²) in [6.45, 7) is 5.47. The van der Waals surface area contributed by atoms with E-state index >= 15 is 0 Å². The number of thiazole rings is 1. The number of esters is 1. The van der Waals surface area contributed by atoms with Crippen molar-refractivity contribution in [2.24, 2.45) is 0 Å². The smallest absolute Gasteiger partial charge is 0.338 e. The zero-order chi connectivity index (χ0) is 20.1. The highest BCUT2D eigenvalue weighted by atomic mass is 32.1. The predicted molar refractivity (Wildman–Crippen MR) is 102 cm³/mol. The average Bonchev–Trinajstić information content (AvgIpc) is 3.28. The number of ether oxygens (including phenoxy) is 2. The summed E-state index contributed by atoms with van der Waals surface area (Å²) in [5, 5.41) is 9.10. The normalized spacial score (nSPS) is 11.7. The predicted octanol–water partition coefficient (Wildman–Crippen LogP) is 3.51. The molecular formula is C19H19N3O5S. The largest absolute Gasteiger partial charge is 0.487 e. The molecule has 0 radical (unpaired) electrons. The summed E-state index contributed by atoms with van der Waals surface area (Å²) in [4.78, 5) is 28.6. The summed E-state index contributed by atoms with van der Waals surface area (Å²) in [5.41, 5.74) is 1.17. The first-order chi connectivity index (χ1) is 13.4. The monoisotopic (exact) mass is 401 g/mol. The Kier molecular flexibility index (Phi) is 6.05. The minimum atomic E-state index is -0.992. The summed E-state index contributed by atoms with van der Waals surface area (Å²) in [6.07, 6.45) is -0.992. The van der Waals surface area contributed by atoms with Crippen LogP contribution in [0, 0.1) is 13.8 Å². The van der Waals surface area contributed by atoms with Crippen molar-refractivity contribution in [2.75, 3.05) is 5.32 Å². The van der Waals surface area contributed by atoms with E-state index in [2.05, 4.69) is 15.5 Å². The minimum Gasteiger partial charge on any atom is -0.487 e. The van der Waals surface area contributed by atoms with Gasteiger partial charge >= 0.3 is 5.97 Å². The second-order valence-electron chi connectivity index (χ2n) is 6.03. The van der Waals surface area contributed by atoms with Crippen LogP contribution in [0.4, 0.5) is 5.82 Å². The molecule has 9 heteroatoms. The Bertz CT molecular complexity index is 964. The molecular weight excluding hydrogens is 382 g/mol. The molecule has 3 rings (SSSR count). The second kappa shape index (κ2) is 8.66. The molecule has 1 aromatic carbocycles. The summed E-state index contributed by atoms with van der Waals surface area (Å²) in [7, 11) is 0. The fraction of sp³-hybridized carbons (Fsp3) is 0.263. The van der Waals surface area contributed by atoms with Gasteiger partial charge in [-0.15, -0.1) is 11.3 Å². The Morgan fingerprint density at radius 1 is 1.25 bits per heavy atom. The number of amides is 1. The number of carbonyl (C=O) groups excluding carboxylic acids is 2. The maximum Gasteiger partial charge on any atom is 0.338 e. The van der Waals surface area contributed by atoms with Crippen LogP contribution < -0.4 is 10.1 Å². The molecule has 146 valence electrons. The van der Waals surface area contributed by atoms with Crippen LogP contribution in [0.2, 0.25) is 0 Å². The van der Waals surface area contributed by atoms with Crippen LogP contribution in [0.25, 0.3) is 0 Å². The molecule has 0 fully saturated rings. The summed E-state index contributed by atoms with van der Waals surface area (Å²) in [6, 6.07) is 8.06. The molecule has 1 atom stereocenters. The fourth-order valence-electron chi connectivity index (χ4n) is 2.25. The van der Waals surface area contributed by atoms with E-state index in [1.807, 2.05) is 12.3 Å². The van der Waals surface area contributed by atoms with Crippen LogP contribution >= 0.6 is 11.3 Å². The molecule has 0 aliphatic heterocycles. The van der Waals surface area contributed by atoms with E-state index in [4.69, 9.17) is 14.0 Å². The lowest BCUT2D eigenvalue weighted by atomic mass is 10.2. The van der Waals surface area contributed by atoms with Crippen LogP contribution in [0.5, 0.6) is 5.75 Å². The molecule has 0 aliphatic carbocycles. The number of anilines is 1. The van der Waals surface area contributed by atoms with Gasteiger partial charge in [0.05, 0.1) is 16.3 Å². The van der Waals surface area contributed by atoms with Gasteiger partial charge in [-0.05, 0) is 45.0 Å². The van der Waals surface area contributed by atoms with Gasteiger partial charge < -0.3 is 19.3 Å². The van der Waals surface area contributed by atoms with Gasteiger partial charge in [0.15, 0.2) is 11.9 Å². The number of nitrogens with zero attached hydrogens (tertiary/aromatic N) is 2. The Balaban J connectivity index is 1.51. The standard InChI is InChI=1S/C19H19N3O5S/c1-11-8-17(22-27-11)21-18(23)12(2)26-19(24)14-4-6-16(7-5-14)25-9-15-10-28-13(3)20-15/h4-8,10,12H,9H2,1-3H3,(H,21,22,23)/t12-/m0/s1. The molecule has 8 nitrogen and oxygen atoms in total. The SMILES string of the molecule is Cc1cc(NC(=O)[C@H](C)OC(=O)c2ccc(OCc3csc(C)n3)cc2)no1. The quantitative estimate of drug-likeness (QED) is 0.604. The lowest BCUT2D eigenvalue weighted by Crippen LogP contribution is -2.30.